The zero-order valence-electron chi connectivity index (χ0n) is 16.4. The minimum Gasteiger partial charge on any atom is -0.481 e. The van der Waals surface area contributed by atoms with Crippen LogP contribution in [0.3, 0.4) is 0 Å². The standard InChI is InChI=1S/C21H27N3O4.ClH/c25-19(26)13-18-20(27)16-2-1-3-17(12-16)21(28)24(18)23-10-6-15(7-11-23)14-4-8-22-9-5-14;/h1-3,12,14-15,18,22H,4-11,13H2,(H,25,26);1H/t18-;/m0./s1. The predicted molar refractivity (Wildman–Crippen MR) is 110 cm³/mol. The summed E-state index contributed by atoms with van der Waals surface area (Å²) in [7, 11) is 0. The highest BCUT2D eigenvalue weighted by atomic mass is 35.5. The Balaban J connectivity index is 0.00000240. The average molecular weight is 422 g/mol. The second-order valence-electron chi connectivity index (χ2n) is 8.09. The Morgan fingerprint density at radius 3 is 2.31 bits per heavy atom. The normalized spacial score (nSPS) is 24.1. The summed E-state index contributed by atoms with van der Waals surface area (Å²) in [5.41, 5.74) is 0.850. The van der Waals surface area contributed by atoms with E-state index in [2.05, 4.69) is 5.32 Å². The third-order valence-corrected chi connectivity index (χ3v) is 6.44. The Morgan fingerprint density at radius 1 is 1.03 bits per heavy atom. The Labute approximate surface area is 176 Å². The molecule has 3 aliphatic rings. The summed E-state index contributed by atoms with van der Waals surface area (Å²) in [6, 6.07) is 5.63. The molecule has 8 heteroatoms. The van der Waals surface area contributed by atoms with Crippen molar-refractivity contribution in [2.45, 2.75) is 38.1 Å². The van der Waals surface area contributed by atoms with E-state index in [0.717, 1.165) is 31.8 Å². The van der Waals surface area contributed by atoms with Crippen LogP contribution in [-0.2, 0) is 4.79 Å². The molecule has 0 radical (unpaired) electrons. The number of halogens is 1. The van der Waals surface area contributed by atoms with Crippen molar-refractivity contribution >= 4 is 30.1 Å². The third-order valence-electron chi connectivity index (χ3n) is 6.44. The minimum atomic E-state index is -1.07. The van der Waals surface area contributed by atoms with Gasteiger partial charge in [-0.2, -0.15) is 0 Å². The van der Waals surface area contributed by atoms with Crippen LogP contribution in [0.2, 0.25) is 0 Å². The number of Topliss-reactive ketones (excluding diaryl/α,β-unsaturated/α-hetero) is 1. The zero-order chi connectivity index (χ0) is 19.7. The molecule has 1 amide bonds. The van der Waals surface area contributed by atoms with Crippen molar-refractivity contribution in [1.82, 2.24) is 15.3 Å². The minimum absolute atomic E-state index is 0. The number of nitrogens with zero attached hydrogens (tertiary/aromatic N) is 2. The molecule has 0 spiro atoms. The van der Waals surface area contributed by atoms with E-state index in [9.17, 15) is 19.5 Å². The maximum atomic E-state index is 13.2. The first-order valence-corrected chi connectivity index (χ1v) is 10.2. The highest BCUT2D eigenvalue weighted by Gasteiger charge is 2.41. The lowest BCUT2D eigenvalue weighted by atomic mass is 9.79. The molecule has 3 aliphatic heterocycles. The van der Waals surface area contributed by atoms with Crippen LogP contribution in [0.25, 0.3) is 0 Å². The number of piperidine rings is 2. The Hall–Kier alpha value is -1.96. The van der Waals surface area contributed by atoms with Crippen molar-refractivity contribution in [2.75, 3.05) is 26.2 Å². The van der Waals surface area contributed by atoms with Crippen LogP contribution in [-0.4, -0.2) is 65.0 Å². The average Bonchev–Trinajstić information content (AvgIpc) is 2.79. The first-order valence-electron chi connectivity index (χ1n) is 10.2. The fourth-order valence-electron chi connectivity index (χ4n) is 4.94. The fourth-order valence-corrected chi connectivity index (χ4v) is 4.94. The summed E-state index contributed by atoms with van der Waals surface area (Å²) < 4.78 is 0. The van der Waals surface area contributed by atoms with Gasteiger partial charge < -0.3 is 10.4 Å². The second kappa shape index (κ2) is 9.24. The van der Waals surface area contributed by atoms with E-state index in [4.69, 9.17) is 0 Å². The van der Waals surface area contributed by atoms with E-state index in [-0.39, 0.29) is 30.5 Å². The molecule has 2 N–H and O–H groups in total. The molecule has 29 heavy (non-hydrogen) atoms. The molecule has 7 nitrogen and oxygen atoms in total. The molecule has 1 aromatic rings. The summed E-state index contributed by atoms with van der Waals surface area (Å²) in [6.45, 7) is 3.50. The van der Waals surface area contributed by atoms with Crippen molar-refractivity contribution in [2.24, 2.45) is 11.8 Å². The maximum Gasteiger partial charge on any atom is 0.305 e. The summed E-state index contributed by atoms with van der Waals surface area (Å²) in [5, 5.41) is 16.1. The quantitative estimate of drug-likeness (QED) is 0.774. The summed E-state index contributed by atoms with van der Waals surface area (Å²) in [5.74, 6) is -0.296. The van der Waals surface area contributed by atoms with Crippen LogP contribution in [0.1, 0.15) is 52.8 Å². The van der Waals surface area contributed by atoms with E-state index in [1.54, 1.807) is 24.3 Å². The number of hydrazine groups is 1. The van der Waals surface area contributed by atoms with Gasteiger partial charge in [0.25, 0.3) is 5.91 Å². The molecule has 1 atom stereocenters. The van der Waals surface area contributed by atoms with Crippen LogP contribution in [0, 0.1) is 11.8 Å². The fraction of sp³-hybridized carbons (Fsp3) is 0.571. The van der Waals surface area contributed by atoms with Crippen molar-refractivity contribution in [3.63, 3.8) is 0 Å². The number of carboxylic acids is 1. The van der Waals surface area contributed by atoms with Gasteiger partial charge in [-0.1, -0.05) is 12.1 Å². The van der Waals surface area contributed by atoms with Gasteiger partial charge in [0.2, 0.25) is 0 Å². The lowest BCUT2D eigenvalue weighted by molar-refractivity contribution is -0.139. The van der Waals surface area contributed by atoms with E-state index in [1.165, 1.54) is 17.9 Å². The highest BCUT2D eigenvalue weighted by molar-refractivity contribution is 6.09. The summed E-state index contributed by atoms with van der Waals surface area (Å²) in [6.07, 6.45) is 3.95. The van der Waals surface area contributed by atoms with Gasteiger partial charge in [0.1, 0.15) is 6.04 Å². The molecule has 4 rings (SSSR count). The Kier molecular flexibility index (Phi) is 6.93. The molecule has 3 heterocycles. The summed E-state index contributed by atoms with van der Waals surface area (Å²) in [4.78, 5) is 37.6. The van der Waals surface area contributed by atoms with Gasteiger partial charge in [-0.15, -0.1) is 12.4 Å². The largest absolute Gasteiger partial charge is 0.481 e. The lowest BCUT2D eigenvalue weighted by Crippen LogP contribution is -2.57. The third kappa shape index (κ3) is 4.47. The number of carboxylic acid groups (broad SMARTS) is 1. The van der Waals surface area contributed by atoms with Crippen molar-refractivity contribution in [3.05, 3.63) is 35.4 Å². The molecule has 0 saturated carbocycles. The van der Waals surface area contributed by atoms with E-state index < -0.39 is 12.0 Å². The van der Waals surface area contributed by atoms with E-state index >= 15 is 0 Å². The first-order chi connectivity index (χ1) is 13.5. The number of carbonyl (C=O) groups is 3. The molecular weight excluding hydrogens is 394 g/mol. The number of rotatable bonds is 4. The van der Waals surface area contributed by atoms with Gasteiger partial charge in [-0.25, -0.2) is 5.01 Å². The van der Waals surface area contributed by atoms with Gasteiger partial charge >= 0.3 is 5.97 Å². The Morgan fingerprint density at radius 2 is 1.66 bits per heavy atom. The summed E-state index contributed by atoms with van der Waals surface area (Å²) >= 11 is 0. The molecule has 0 unspecified atom stereocenters. The van der Waals surface area contributed by atoms with Crippen molar-refractivity contribution in [1.29, 1.82) is 0 Å². The van der Waals surface area contributed by atoms with Gasteiger partial charge in [0.15, 0.2) is 5.78 Å². The predicted octanol–water partition coefficient (Wildman–Crippen LogP) is 2.22. The number of benzene rings is 1. The number of amides is 1. The number of nitrogens with one attached hydrogen (secondary N) is 1. The monoisotopic (exact) mass is 421 g/mol. The second-order valence-corrected chi connectivity index (χ2v) is 8.09. The zero-order valence-corrected chi connectivity index (χ0v) is 17.2. The molecule has 1 aromatic carbocycles. The number of hydrogen-bond acceptors (Lipinski definition) is 5. The van der Waals surface area contributed by atoms with Crippen LogP contribution in [0.5, 0.6) is 0 Å². The maximum absolute atomic E-state index is 13.2. The lowest BCUT2D eigenvalue weighted by Gasteiger charge is -2.44. The highest BCUT2D eigenvalue weighted by Crippen LogP contribution is 2.33. The SMILES string of the molecule is Cl.O=C(O)C[C@H]1C(=O)c2cccc(c2)C(=O)N1N1CCC(C2CCNCC2)CC1. The van der Waals surface area contributed by atoms with E-state index in [0.29, 0.717) is 30.1 Å². The molecule has 0 aliphatic carbocycles. The molecule has 0 aromatic heterocycles. The molecule has 2 saturated heterocycles. The molecular formula is C21H28ClN3O4. The van der Waals surface area contributed by atoms with Crippen LogP contribution in [0.4, 0.5) is 0 Å². The van der Waals surface area contributed by atoms with Crippen LogP contribution < -0.4 is 5.32 Å². The number of aliphatic carboxylic acids is 1. The number of fused-ring (bicyclic) bond motifs is 2. The molecule has 158 valence electrons. The smallest absolute Gasteiger partial charge is 0.305 e. The van der Waals surface area contributed by atoms with E-state index in [1.807, 2.05) is 5.01 Å². The van der Waals surface area contributed by atoms with Gasteiger partial charge in [0, 0.05) is 24.2 Å². The van der Waals surface area contributed by atoms with Crippen molar-refractivity contribution < 1.29 is 19.5 Å². The van der Waals surface area contributed by atoms with Gasteiger partial charge in [0.05, 0.1) is 6.42 Å². The topological polar surface area (TPSA) is 89.9 Å². The van der Waals surface area contributed by atoms with Gasteiger partial charge in [-0.05, 0) is 62.7 Å². The number of ketones is 1. The van der Waals surface area contributed by atoms with Crippen LogP contribution in [0.15, 0.2) is 24.3 Å². The first kappa shape index (κ1) is 21.7. The molecule has 2 bridgehead atoms. The van der Waals surface area contributed by atoms with Crippen molar-refractivity contribution in [3.8, 4) is 0 Å². The molecule has 2 fully saturated rings. The Bertz CT molecular complexity index is 773. The number of carbonyl (C=O) groups excluding carboxylic acids is 2. The van der Waals surface area contributed by atoms with Crippen LogP contribution >= 0.6 is 12.4 Å². The number of hydrogen-bond donors (Lipinski definition) is 2. The van der Waals surface area contributed by atoms with Gasteiger partial charge in [-0.3, -0.25) is 19.4 Å².